The van der Waals surface area contributed by atoms with Gasteiger partial charge in [0.25, 0.3) is 0 Å². The number of nitrogens with zero attached hydrogens (tertiary/aromatic N) is 1. The normalized spacial score (nSPS) is 11.5. The zero-order valence-electron chi connectivity index (χ0n) is 10.1. The fraction of sp³-hybridized carbons (Fsp3) is 0.308. The zero-order valence-corrected chi connectivity index (χ0v) is 10.1. The number of ether oxygens (including phenoxy) is 1. The van der Waals surface area contributed by atoms with Crippen molar-refractivity contribution >= 4 is 0 Å². The van der Waals surface area contributed by atoms with Gasteiger partial charge in [-0.2, -0.15) is 13.2 Å². The lowest BCUT2D eigenvalue weighted by atomic mass is 10.2. The van der Waals surface area contributed by atoms with Crippen LogP contribution in [0.1, 0.15) is 17.8 Å². The minimum atomic E-state index is -4.31. The third-order valence-corrected chi connectivity index (χ3v) is 2.56. The van der Waals surface area contributed by atoms with Gasteiger partial charge in [0.1, 0.15) is 11.6 Å². The van der Waals surface area contributed by atoms with Crippen LogP contribution in [-0.4, -0.2) is 16.6 Å². The Bertz CT molecular complexity index is 492. The second-order valence-electron chi connectivity index (χ2n) is 4.01. The number of aryl methyl sites for hydroxylation is 1. The average Bonchev–Trinajstić information content (AvgIpc) is 2.87. The molecule has 2 rings (SSSR count). The second kappa shape index (κ2) is 5.77. The number of hydrogen-bond donors (Lipinski definition) is 1. The molecule has 0 fully saturated rings. The van der Waals surface area contributed by atoms with Crippen molar-refractivity contribution in [3.8, 4) is 5.75 Å². The molecule has 0 atom stereocenters. The van der Waals surface area contributed by atoms with Crippen molar-refractivity contribution in [1.29, 1.82) is 0 Å². The first-order valence-corrected chi connectivity index (χ1v) is 5.84. The smallest absolute Gasteiger partial charge is 0.416 e. The van der Waals surface area contributed by atoms with Crippen molar-refractivity contribution in [3.05, 3.63) is 48.0 Å². The largest absolute Gasteiger partial charge is 0.494 e. The highest BCUT2D eigenvalue weighted by molar-refractivity contribution is 5.28. The van der Waals surface area contributed by atoms with Gasteiger partial charge in [0.2, 0.25) is 0 Å². The number of halogens is 3. The maximum atomic E-state index is 12.3. The molecule has 2 aromatic rings. The first kappa shape index (κ1) is 13.5. The molecule has 0 spiro atoms. The summed E-state index contributed by atoms with van der Waals surface area (Å²) in [6, 6.07) is 4.69. The van der Waals surface area contributed by atoms with Crippen molar-refractivity contribution < 1.29 is 17.9 Å². The van der Waals surface area contributed by atoms with Gasteiger partial charge in [-0.3, -0.25) is 0 Å². The minimum absolute atomic E-state index is 0.437. The summed E-state index contributed by atoms with van der Waals surface area (Å²) in [7, 11) is 0. The van der Waals surface area contributed by atoms with Gasteiger partial charge in [-0.1, -0.05) is 0 Å². The summed E-state index contributed by atoms with van der Waals surface area (Å²) in [5, 5.41) is 0. The van der Waals surface area contributed by atoms with Gasteiger partial charge in [-0.25, -0.2) is 4.98 Å². The molecule has 1 aromatic carbocycles. The van der Waals surface area contributed by atoms with Crippen LogP contribution in [0.2, 0.25) is 0 Å². The van der Waals surface area contributed by atoms with Crippen molar-refractivity contribution in [3.63, 3.8) is 0 Å². The summed E-state index contributed by atoms with van der Waals surface area (Å²) in [5.74, 6) is 1.31. The summed E-state index contributed by atoms with van der Waals surface area (Å²) in [5.41, 5.74) is -0.671. The molecule has 102 valence electrons. The van der Waals surface area contributed by atoms with Gasteiger partial charge in [0.05, 0.1) is 12.2 Å². The number of H-pyrrole nitrogens is 1. The zero-order chi connectivity index (χ0) is 13.7. The molecule has 1 aromatic heterocycles. The number of benzene rings is 1. The highest BCUT2D eigenvalue weighted by Gasteiger charge is 2.29. The lowest BCUT2D eigenvalue weighted by molar-refractivity contribution is -0.137. The molecular formula is C13H13F3N2O. The van der Waals surface area contributed by atoms with E-state index in [4.69, 9.17) is 4.74 Å². The van der Waals surface area contributed by atoms with E-state index < -0.39 is 11.7 Å². The standard InChI is InChI=1S/C13H13F3N2O/c14-13(15,16)10-3-5-11(6-4-10)19-9-1-2-12-17-7-8-18-12/h3-8H,1-2,9H2,(H,17,18). The van der Waals surface area contributed by atoms with Crippen LogP contribution in [0, 0.1) is 0 Å². The van der Waals surface area contributed by atoms with Crippen LogP contribution in [0.25, 0.3) is 0 Å². The van der Waals surface area contributed by atoms with Crippen LogP contribution in [0.4, 0.5) is 13.2 Å². The molecule has 1 heterocycles. The van der Waals surface area contributed by atoms with Crippen LogP contribution < -0.4 is 4.74 Å². The number of hydrogen-bond acceptors (Lipinski definition) is 2. The number of aromatic nitrogens is 2. The molecule has 0 unspecified atom stereocenters. The molecule has 0 radical (unpaired) electrons. The van der Waals surface area contributed by atoms with E-state index in [1.54, 1.807) is 12.4 Å². The molecule has 0 amide bonds. The van der Waals surface area contributed by atoms with Gasteiger partial charge in [0, 0.05) is 18.8 Å². The van der Waals surface area contributed by atoms with Crippen LogP contribution >= 0.6 is 0 Å². The molecule has 3 nitrogen and oxygen atoms in total. The summed E-state index contributed by atoms with van der Waals surface area (Å²) >= 11 is 0. The quantitative estimate of drug-likeness (QED) is 0.845. The van der Waals surface area contributed by atoms with E-state index in [-0.39, 0.29) is 0 Å². The molecule has 0 saturated carbocycles. The second-order valence-corrected chi connectivity index (χ2v) is 4.01. The third-order valence-electron chi connectivity index (χ3n) is 2.56. The molecule has 0 bridgehead atoms. The van der Waals surface area contributed by atoms with Gasteiger partial charge in [-0.05, 0) is 30.7 Å². The Balaban J connectivity index is 1.77. The Hall–Kier alpha value is -1.98. The molecule has 1 N–H and O–H groups in total. The number of nitrogens with one attached hydrogen (secondary N) is 1. The molecule has 6 heteroatoms. The molecule has 0 aliphatic heterocycles. The van der Waals surface area contributed by atoms with Gasteiger partial charge in [0.15, 0.2) is 0 Å². The van der Waals surface area contributed by atoms with E-state index >= 15 is 0 Å². The lowest BCUT2D eigenvalue weighted by Gasteiger charge is -2.08. The molecule has 0 aliphatic carbocycles. The third kappa shape index (κ3) is 4.01. The van der Waals surface area contributed by atoms with E-state index in [1.165, 1.54) is 12.1 Å². The molecular weight excluding hydrogens is 257 g/mol. The number of imidazole rings is 1. The van der Waals surface area contributed by atoms with Crippen molar-refractivity contribution in [2.45, 2.75) is 19.0 Å². The number of aromatic amines is 1. The predicted octanol–water partition coefficient (Wildman–Crippen LogP) is 3.44. The average molecular weight is 270 g/mol. The molecule has 0 saturated heterocycles. The maximum absolute atomic E-state index is 12.3. The minimum Gasteiger partial charge on any atom is -0.494 e. The van der Waals surface area contributed by atoms with Gasteiger partial charge < -0.3 is 9.72 Å². The fourth-order valence-corrected chi connectivity index (χ4v) is 1.60. The Labute approximate surface area is 108 Å². The highest BCUT2D eigenvalue weighted by atomic mass is 19.4. The monoisotopic (exact) mass is 270 g/mol. The SMILES string of the molecule is FC(F)(F)c1ccc(OCCCc2ncc[nH]2)cc1. The molecule has 19 heavy (non-hydrogen) atoms. The van der Waals surface area contributed by atoms with Gasteiger partial charge >= 0.3 is 6.18 Å². The van der Waals surface area contributed by atoms with Crippen LogP contribution in [0.3, 0.4) is 0 Å². The summed E-state index contributed by atoms with van der Waals surface area (Å²) in [6.45, 7) is 0.437. The van der Waals surface area contributed by atoms with Crippen LogP contribution in [-0.2, 0) is 12.6 Å². The topological polar surface area (TPSA) is 37.9 Å². The molecule has 0 aliphatic rings. The van der Waals surface area contributed by atoms with Crippen LogP contribution in [0.5, 0.6) is 5.75 Å². The Morgan fingerprint density at radius 2 is 1.89 bits per heavy atom. The van der Waals surface area contributed by atoms with Crippen molar-refractivity contribution in [1.82, 2.24) is 9.97 Å². The van der Waals surface area contributed by atoms with E-state index in [0.717, 1.165) is 30.8 Å². The van der Waals surface area contributed by atoms with Crippen molar-refractivity contribution in [2.75, 3.05) is 6.61 Å². The first-order chi connectivity index (χ1) is 9.05. The van der Waals surface area contributed by atoms with E-state index in [0.29, 0.717) is 12.4 Å². The van der Waals surface area contributed by atoms with E-state index in [2.05, 4.69) is 9.97 Å². The highest BCUT2D eigenvalue weighted by Crippen LogP contribution is 2.30. The van der Waals surface area contributed by atoms with Crippen LogP contribution in [0.15, 0.2) is 36.7 Å². The van der Waals surface area contributed by atoms with E-state index in [1.807, 2.05) is 0 Å². The lowest BCUT2D eigenvalue weighted by Crippen LogP contribution is -2.05. The summed E-state index contributed by atoms with van der Waals surface area (Å²) < 4.78 is 42.4. The van der Waals surface area contributed by atoms with E-state index in [9.17, 15) is 13.2 Å². The maximum Gasteiger partial charge on any atom is 0.416 e. The summed E-state index contributed by atoms with van der Waals surface area (Å²) in [6.07, 6.45) is 0.595. The summed E-state index contributed by atoms with van der Waals surface area (Å²) in [4.78, 5) is 7.03. The predicted molar refractivity (Wildman–Crippen MR) is 63.8 cm³/mol. The Morgan fingerprint density at radius 1 is 1.16 bits per heavy atom. The number of rotatable bonds is 5. The fourth-order valence-electron chi connectivity index (χ4n) is 1.60. The Kier molecular flexibility index (Phi) is 4.09. The first-order valence-electron chi connectivity index (χ1n) is 5.84. The number of alkyl halides is 3. The van der Waals surface area contributed by atoms with Crippen molar-refractivity contribution in [2.24, 2.45) is 0 Å². The Morgan fingerprint density at radius 3 is 2.47 bits per heavy atom. The van der Waals surface area contributed by atoms with Gasteiger partial charge in [-0.15, -0.1) is 0 Å².